The highest BCUT2D eigenvalue weighted by Crippen LogP contribution is 2.21. The average Bonchev–Trinajstić information content (AvgIpc) is 3.29. The number of H-pyrrole nitrogens is 1. The number of carbonyl (C=O) groups is 1. The average molecular weight is 387 g/mol. The quantitative estimate of drug-likeness (QED) is 0.683. The number of aromatic amines is 1. The number of imidazole rings is 1. The molecule has 2 aromatic heterocycles. The van der Waals surface area contributed by atoms with E-state index in [0.29, 0.717) is 5.75 Å². The maximum Gasteiger partial charge on any atom is 0.233 e. The van der Waals surface area contributed by atoms with Crippen molar-refractivity contribution in [3.8, 4) is 0 Å². The molecule has 0 atom stereocenters. The fraction of sp³-hybridized carbons (Fsp3) is 0.368. The summed E-state index contributed by atoms with van der Waals surface area (Å²) in [5.41, 5.74) is 3.18. The molecule has 1 fully saturated rings. The van der Waals surface area contributed by atoms with E-state index in [1.165, 1.54) is 22.2 Å². The smallest absolute Gasteiger partial charge is 0.233 e. The molecule has 1 saturated heterocycles. The van der Waals surface area contributed by atoms with Crippen molar-refractivity contribution in [3.63, 3.8) is 0 Å². The van der Waals surface area contributed by atoms with Crippen LogP contribution in [-0.2, 0) is 11.3 Å². The summed E-state index contributed by atoms with van der Waals surface area (Å²) in [4.78, 5) is 26.2. The second kappa shape index (κ2) is 7.82. The van der Waals surface area contributed by atoms with Crippen molar-refractivity contribution in [2.75, 3.05) is 31.9 Å². The molecule has 1 aliphatic rings. The van der Waals surface area contributed by atoms with Gasteiger partial charge in [-0.05, 0) is 36.1 Å². The molecule has 3 aromatic rings. The minimum Gasteiger partial charge on any atom is -0.339 e. The third-order valence-corrected chi connectivity index (χ3v) is 6.35. The number of rotatable bonds is 5. The number of carbonyl (C=O) groups excluding carboxylic acids is 1. The molecule has 5 nitrogen and oxygen atoms in total. The Morgan fingerprint density at radius 1 is 1.27 bits per heavy atom. The summed E-state index contributed by atoms with van der Waals surface area (Å²) in [6.45, 7) is 6.56. The van der Waals surface area contributed by atoms with E-state index < -0.39 is 0 Å². The van der Waals surface area contributed by atoms with Crippen LogP contribution in [0.4, 0.5) is 0 Å². The van der Waals surface area contributed by atoms with Gasteiger partial charge in [-0.2, -0.15) is 0 Å². The number of benzene rings is 1. The van der Waals surface area contributed by atoms with Gasteiger partial charge in [0.2, 0.25) is 5.91 Å². The first-order valence-electron chi connectivity index (χ1n) is 8.79. The van der Waals surface area contributed by atoms with Gasteiger partial charge in [0.1, 0.15) is 0 Å². The molecule has 0 radical (unpaired) electrons. The molecule has 1 aliphatic heterocycles. The van der Waals surface area contributed by atoms with E-state index in [-0.39, 0.29) is 5.91 Å². The number of fused-ring (bicyclic) bond motifs is 1. The van der Waals surface area contributed by atoms with E-state index in [1.54, 1.807) is 11.3 Å². The van der Waals surface area contributed by atoms with Gasteiger partial charge in [0.15, 0.2) is 5.16 Å². The van der Waals surface area contributed by atoms with Crippen LogP contribution in [0.5, 0.6) is 0 Å². The summed E-state index contributed by atoms with van der Waals surface area (Å²) < 4.78 is 0. The minimum atomic E-state index is 0.197. The van der Waals surface area contributed by atoms with E-state index in [4.69, 9.17) is 0 Å². The number of aromatic nitrogens is 2. The predicted octanol–water partition coefficient (Wildman–Crippen LogP) is 3.37. The number of aryl methyl sites for hydroxylation is 1. The van der Waals surface area contributed by atoms with Crippen molar-refractivity contribution in [3.05, 3.63) is 46.2 Å². The zero-order valence-electron chi connectivity index (χ0n) is 14.8. The summed E-state index contributed by atoms with van der Waals surface area (Å²) in [7, 11) is 0. The van der Waals surface area contributed by atoms with E-state index >= 15 is 0 Å². The standard InChI is InChI=1S/C19H22N4OS2/c1-14-4-5-16-17(11-14)21-19(20-16)26-13-18(24)23-8-6-22(7-9-23)12-15-3-2-10-25-15/h2-5,10-11H,6-9,12-13H2,1H3,(H,20,21). The molecular weight excluding hydrogens is 364 g/mol. The first-order valence-corrected chi connectivity index (χ1v) is 10.7. The molecule has 136 valence electrons. The molecule has 0 aliphatic carbocycles. The van der Waals surface area contributed by atoms with Gasteiger partial charge < -0.3 is 9.88 Å². The molecule has 0 saturated carbocycles. The fourth-order valence-electron chi connectivity index (χ4n) is 3.17. The van der Waals surface area contributed by atoms with Crippen LogP contribution < -0.4 is 0 Å². The number of thiophene rings is 1. The van der Waals surface area contributed by atoms with Crippen LogP contribution in [0.1, 0.15) is 10.4 Å². The van der Waals surface area contributed by atoms with Gasteiger partial charge >= 0.3 is 0 Å². The van der Waals surface area contributed by atoms with Crippen LogP contribution in [0, 0.1) is 6.92 Å². The van der Waals surface area contributed by atoms with Crippen LogP contribution in [0.25, 0.3) is 11.0 Å². The SMILES string of the molecule is Cc1ccc2nc(SCC(=O)N3CCN(Cc4cccs4)CC3)[nH]c2c1. The Bertz CT molecular complexity index is 882. The molecule has 7 heteroatoms. The number of piperazine rings is 1. The van der Waals surface area contributed by atoms with E-state index in [9.17, 15) is 4.79 Å². The fourth-order valence-corrected chi connectivity index (χ4v) is 4.70. The predicted molar refractivity (Wildman–Crippen MR) is 108 cm³/mol. The lowest BCUT2D eigenvalue weighted by atomic mass is 10.2. The molecule has 0 spiro atoms. The van der Waals surface area contributed by atoms with E-state index in [0.717, 1.165) is 48.9 Å². The third-order valence-electron chi connectivity index (χ3n) is 4.63. The van der Waals surface area contributed by atoms with Gasteiger partial charge in [0.05, 0.1) is 16.8 Å². The van der Waals surface area contributed by atoms with Gasteiger partial charge in [-0.3, -0.25) is 9.69 Å². The first kappa shape index (κ1) is 17.6. The van der Waals surface area contributed by atoms with Crippen LogP contribution >= 0.6 is 23.1 Å². The van der Waals surface area contributed by atoms with Gasteiger partial charge in [0, 0.05) is 37.6 Å². The van der Waals surface area contributed by atoms with Gasteiger partial charge in [-0.1, -0.05) is 23.9 Å². The number of hydrogen-bond donors (Lipinski definition) is 1. The number of nitrogens with one attached hydrogen (secondary N) is 1. The minimum absolute atomic E-state index is 0.197. The normalized spacial score (nSPS) is 15.7. The highest BCUT2D eigenvalue weighted by molar-refractivity contribution is 7.99. The third kappa shape index (κ3) is 4.11. The molecule has 4 rings (SSSR count). The summed E-state index contributed by atoms with van der Waals surface area (Å²) in [6, 6.07) is 10.4. The second-order valence-electron chi connectivity index (χ2n) is 6.59. The van der Waals surface area contributed by atoms with Crippen molar-refractivity contribution >= 4 is 40.0 Å². The number of nitrogens with zero attached hydrogens (tertiary/aromatic N) is 3. The van der Waals surface area contributed by atoms with Crippen LogP contribution in [0.2, 0.25) is 0 Å². The van der Waals surface area contributed by atoms with Gasteiger partial charge in [-0.15, -0.1) is 11.3 Å². The molecule has 0 unspecified atom stereocenters. The highest BCUT2D eigenvalue weighted by Gasteiger charge is 2.21. The van der Waals surface area contributed by atoms with Gasteiger partial charge in [0.25, 0.3) is 0 Å². The zero-order chi connectivity index (χ0) is 17.9. The molecule has 1 aromatic carbocycles. The first-order chi connectivity index (χ1) is 12.7. The zero-order valence-corrected chi connectivity index (χ0v) is 16.4. The molecule has 3 heterocycles. The maximum atomic E-state index is 12.5. The second-order valence-corrected chi connectivity index (χ2v) is 8.58. The van der Waals surface area contributed by atoms with Gasteiger partial charge in [-0.25, -0.2) is 4.98 Å². The number of amides is 1. The van der Waals surface area contributed by atoms with Crippen molar-refractivity contribution in [2.45, 2.75) is 18.6 Å². The number of hydrogen-bond acceptors (Lipinski definition) is 5. The summed E-state index contributed by atoms with van der Waals surface area (Å²) >= 11 is 3.28. The number of thioether (sulfide) groups is 1. The molecule has 1 N–H and O–H groups in total. The summed E-state index contributed by atoms with van der Waals surface area (Å²) in [6.07, 6.45) is 0. The van der Waals surface area contributed by atoms with E-state index in [1.807, 2.05) is 11.0 Å². The lowest BCUT2D eigenvalue weighted by molar-refractivity contribution is -0.130. The highest BCUT2D eigenvalue weighted by atomic mass is 32.2. The molecule has 1 amide bonds. The lowest BCUT2D eigenvalue weighted by Gasteiger charge is -2.34. The maximum absolute atomic E-state index is 12.5. The Hall–Kier alpha value is -1.83. The van der Waals surface area contributed by atoms with Crippen LogP contribution in [0.3, 0.4) is 0 Å². The Labute approximate surface area is 161 Å². The summed E-state index contributed by atoms with van der Waals surface area (Å²) in [5.74, 6) is 0.631. The van der Waals surface area contributed by atoms with Crippen molar-refractivity contribution < 1.29 is 4.79 Å². The topological polar surface area (TPSA) is 52.2 Å². The summed E-state index contributed by atoms with van der Waals surface area (Å²) in [5, 5.41) is 2.93. The van der Waals surface area contributed by atoms with Crippen LogP contribution in [-0.4, -0.2) is 57.6 Å². The lowest BCUT2D eigenvalue weighted by Crippen LogP contribution is -2.48. The monoisotopic (exact) mass is 386 g/mol. The Balaban J connectivity index is 1.27. The van der Waals surface area contributed by atoms with Crippen molar-refractivity contribution in [1.29, 1.82) is 0 Å². The molecular formula is C19H22N4OS2. The molecule has 0 bridgehead atoms. The van der Waals surface area contributed by atoms with Crippen LogP contribution in [0.15, 0.2) is 40.9 Å². The Kier molecular flexibility index (Phi) is 5.28. The Morgan fingerprint density at radius 2 is 2.12 bits per heavy atom. The Morgan fingerprint density at radius 3 is 2.88 bits per heavy atom. The van der Waals surface area contributed by atoms with Crippen molar-refractivity contribution in [1.82, 2.24) is 19.8 Å². The molecule has 26 heavy (non-hydrogen) atoms. The van der Waals surface area contributed by atoms with Crippen molar-refractivity contribution in [2.24, 2.45) is 0 Å². The van der Waals surface area contributed by atoms with E-state index in [2.05, 4.69) is 51.4 Å². The largest absolute Gasteiger partial charge is 0.339 e.